The van der Waals surface area contributed by atoms with Crippen molar-refractivity contribution in [1.82, 2.24) is 10.5 Å². The van der Waals surface area contributed by atoms with Crippen LogP contribution < -0.4 is 5.32 Å². The second-order valence-electron chi connectivity index (χ2n) is 7.26. The van der Waals surface area contributed by atoms with Crippen molar-refractivity contribution in [2.75, 3.05) is 0 Å². The molecule has 0 radical (unpaired) electrons. The summed E-state index contributed by atoms with van der Waals surface area (Å²) in [5, 5.41) is 7.77. The Bertz CT molecular complexity index is 703. The van der Waals surface area contributed by atoms with Crippen LogP contribution >= 0.6 is 11.6 Å². The number of unbranched alkanes of at least 4 members (excludes halogenated alkanes) is 1. The fourth-order valence-corrected chi connectivity index (χ4v) is 3.80. The van der Waals surface area contributed by atoms with Gasteiger partial charge in [-0.25, -0.2) is 0 Å². The number of carbonyl (C=O) groups excluding carboxylic acids is 1. The van der Waals surface area contributed by atoms with Gasteiger partial charge in [-0.05, 0) is 43.7 Å². The van der Waals surface area contributed by atoms with Crippen molar-refractivity contribution >= 4 is 17.5 Å². The van der Waals surface area contributed by atoms with Gasteiger partial charge in [0, 0.05) is 22.6 Å². The van der Waals surface area contributed by atoms with E-state index < -0.39 is 0 Å². The van der Waals surface area contributed by atoms with Gasteiger partial charge in [0.25, 0.3) is 0 Å². The van der Waals surface area contributed by atoms with Gasteiger partial charge in [0.1, 0.15) is 5.69 Å². The standard InChI is InChI=1S/C21H27ClN2O2/c1-2-3-4-15-5-7-17(8-6-15)21(25)23-14-19-13-20(24-26-19)16-9-11-18(22)12-10-16/h9-13,15,17H,2-8,14H2,1H3,(H,23,25). The topological polar surface area (TPSA) is 55.1 Å². The van der Waals surface area contributed by atoms with Crippen LogP contribution in [0.15, 0.2) is 34.9 Å². The Balaban J connectivity index is 1.46. The van der Waals surface area contributed by atoms with E-state index in [0.29, 0.717) is 17.3 Å². The maximum absolute atomic E-state index is 12.4. The fraction of sp³-hybridized carbons (Fsp3) is 0.524. The molecule has 0 aliphatic heterocycles. The lowest BCUT2D eigenvalue weighted by Gasteiger charge is -2.27. The summed E-state index contributed by atoms with van der Waals surface area (Å²) < 4.78 is 5.35. The van der Waals surface area contributed by atoms with Gasteiger partial charge in [-0.1, -0.05) is 55.1 Å². The first-order chi connectivity index (χ1) is 12.7. The van der Waals surface area contributed by atoms with Gasteiger partial charge in [0.15, 0.2) is 5.76 Å². The van der Waals surface area contributed by atoms with E-state index in [1.165, 1.54) is 32.1 Å². The summed E-state index contributed by atoms with van der Waals surface area (Å²) in [4.78, 5) is 12.4. The van der Waals surface area contributed by atoms with Crippen LogP contribution in [0.5, 0.6) is 0 Å². The van der Waals surface area contributed by atoms with Crippen molar-refractivity contribution in [3.05, 3.63) is 41.1 Å². The lowest BCUT2D eigenvalue weighted by atomic mass is 9.79. The van der Waals surface area contributed by atoms with Crippen LogP contribution in [0.4, 0.5) is 0 Å². The summed E-state index contributed by atoms with van der Waals surface area (Å²) in [6, 6.07) is 9.32. The van der Waals surface area contributed by atoms with E-state index in [1.54, 1.807) is 0 Å². The Kier molecular flexibility index (Phi) is 6.73. The molecule has 26 heavy (non-hydrogen) atoms. The van der Waals surface area contributed by atoms with E-state index in [1.807, 2.05) is 30.3 Å². The highest BCUT2D eigenvalue weighted by atomic mass is 35.5. The zero-order valence-electron chi connectivity index (χ0n) is 15.3. The van der Waals surface area contributed by atoms with Crippen LogP contribution in [0.1, 0.15) is 57.6 Å². The molecule has 1 saturated carbocycles. The van der Waals surface area contributed by atoms with Gasteiger partial charge in [-0.2, -0.15) is 0 Å². The molecule has 1 aromatic carbocycles. The van der Waals surface area contributed by atoms with Crippen LogP contribution in [-0.4, -0.2) is 11.1 Å². The Labute approximate surface area is 160 Å². The van der Waals surface area contributed by atoms with Crippen LogP contribution in [0, 0.1) is 11.8 Å². The lowest BCUT2D eigenvalue weighted by molar-refractivity contribution is -0.126. The number of nitrogens with zero attached hydrogens (tertiary/aromatic N) is 1. The zero-order chi connectivity index (χ0) is 18.4. The molecule has 0 saturated heterocycles. The molecule has 2 aromatic rings. The molecule has 1 aliphatic carbocycles. The molecule has 5 heteroatoms. The van der Waals surface area contributed by atoms with Gasteiger partial charge in [0.05, 0.1) is 6.54 Å². The molecule has 1 aromatic heterocycles. The van der Waals surface area contributed by atoms with E-state index in [2.05, 4.69) is 17.4 Å². The number of carbonyl (C=O) groups is 1. The highest BCUT2D eigenvalue weighted by Crippen LogP contribution is 2.32. The predicted molar refractivity (Wildman–Crippen MR) is 104 cm³/mol. The number of hydrogen-bond donors (Lipinski definition) is 1. The van der Waals surface area contributed by atoms with E-state index in [-0.39, 0.29) is 11.8 Å². The van der Waals surface area contributed by atoms with E-state index in [4.69, 9.17) is 16.1 Å². The number of rotatable bonds is 7. The van der Waals surface area contributed by atoms with Crippen LogP contribution in [-0.2, 0) is 11.3 Å². The molecule has 1 aliphatic rings. The molecule has 4 nitrogen and oxygen atoms in total. The van der Waals surface area contributed by atoms with Crippen molar-refractivity contribution in [1.29, 1.82) is 0 Å². The van der Waals surface area contributed by atoms with E-state index >= 15 is 0 Å². The summed E-state index contributed by atoms with van der Waals surface area (Å²) in [5.41, 5.74) is 1.70. The Hall–Kier alpha value is -1.81. The minimum Gasteiger partial charge on any atom is -0.359 e. The molecule has 140 valence electrons. The van der Waals surface area contributed by atoms with Gasteiger partial charge >= 0.3 is 0 Å². The normalized spacial score (nSPS) is 20.1. The van der Waals surface area contributed by atoms with Crippen LogP contribution in [0.2, 0.25) is 5.02 Å². The first-order valence-electron chi connectivity index (χ1n) is 9.65. The third kappa shape index (κ3) is 5.10. The molecule has 1 amide bonds. The highest BCUT2D eigenvalue weighted by molar-refractivity contribution is 6.30. The molecule has 3 rings (SSSR count). The van der Waals surface area contributed by atoms with Crippen molar-refractivity contribution in [2.45, 2.75) is 58.4 Å². The number of benzene rings is 1. The molecule has 0 unspecified atom stereocenters. The van der Waals surface area contributed by atoms with E-state index in [9.17, 15) is 4.79 Å². The van der Waals surface area contributed by atoms with E-state index in [0.717, 1.165) is 30.0 Å². The molecule has 1 heterocycles. The number of aromatic nitrogens is 1. The number of halogens is 1. The molecule has 0 spiro atoms. The SMILES string of the molecule is CCCCC1CCC(C(=O)NCc2cc(-c3ccc(Cl)cc3)no2)CC1. The minimum absolute atomic E-state index is 0.142. The number of amides is 1. The Morgan fingerprint density at radius 1 is 1.23 bits per heavy atom. The maximum atomic E-state index is 12.4. The zero-order valence-corrected chi connectivity index (χ0v) is 16.1. The van der Waals surface area contributed by atoms with Gasteiger partial charge in [-0.3, -0.25) is 4.79 Å². The highest BCUT2D eigenvalue weighted by Gasteiger charge is 2.26. The van der Waals surface area contributed by atoms with Crippen molar-refractivity contribution in [3.8, 4) is 11.3 Å². The first-order valence-corrected chi connectivity index (χ1v) is 10.0. The summed E-state index contributed by atoms with van der Waals surface area (Å²) >= 11 is 5.91. The molecule has 1 N–H and O–H groups in total. The fourth-order valence-electron chi connectivity index (χ4n) is 3.68. The predicted octanol–water partition coefficient (Wildman–Crippen LogP) is 5.61. The average molecular weight is 375 g/mol. The summed E-state index contributed by atoms with van der Waals surface area (Å²) in [5.74, 6) is 1.77. The summed E-state index contributed by atoms with van der Waals surface area (Å²) in [6.07, 6.45) is 8.26. The second-order valence-corrected chi connectivity index (χ2v) is 7.70. The molecule has 0 atom stereocenters. The summed E-state index contributed by atoms with van der Waals surface area (Å²) in [6.45, 7) is 2.62. The molecule has 1 fully saturated rings. The minimum atomic E-state index is 0.142. The third-order valence-corrected chi connectivity index (χ3v) is 5.57. The first kappa shape index (κ1) is 19.0. The van der Waals surface area contributed by atoms with Gasteiger partial charge in [-0.15, -0.1) is 0 Å². The van der Waals surface area contributed by atoms with Crippen molar-refractivity contribution in [3.63, 3.8) is 0 Å². The Morgan fingerprint density at radius 3 is 2.65 bits per heavy atom. The van der Waals surface area contributed by atoms with Crippen LogP contribution in [0.25, 0.3) is 11.3 Å². The average Bonchev–Trinajstić information content (AvgIpc) is 3.14. The lowest BCUT2D eigenvalue weighted by Crippen LogP contribution is -2.32. The van der Waals surface area contributed by atoms with Crippen LogP contribution in [0.3, 0.4) is 0 Å². The van der Waals surface area contributed by atoms with Gasteiger partial charge < -0.3 is 9.84 Å². The van der Waals surface area contributed by atoms with Crippen molar-refractivity contribution in [2.24, 2.45) is 11.8 Å². The van der Waals surface area contributed by atoms with Crippen molar-refractivity contribution < 1.29 is 9.32 Å². The Morgan fingerprint density at radius 2 is 1.96 bits per heavy atom. The van der Waals surface area contributed by atoms with Gasteiger partial charge in [0.2, 0.25) is 5.91 Å². The maximum Gasteiger partial charge on any atom is 0.223 e. The third-order valence-electron chi connectivity index (χ3n) is 5.32. The monoisotopic (exact) mass is 374 g/mol. The molecule has 0 bridgehead atoms. The molecular formula is C21H27ClN2O2. The number of nitrogens with one attached hydrogen (secondary N) is 1. The number of hydrogen-bond acceptors (Lipinski definition) is 3. The quantitative estimate of drug-likeness (QED) is 0.685. The molecular weight excluding hydrogens is 348 g/mol. The summed E-state index contributed by atoms with van der Waals surface area (Å²) in [7, 11) is 0. The smallest absolute Gasteiger partial charge is 0.223 e. The largest absolute Gasteiger partial charge is 0.359 e. The second kappa shape index (κ2) is 9.22.